The van der Waals surface area contributed by atoms with E-state index in [9.17, 15) is 9.59 Å². The van der Waals surface area contributed by atoms with Gasteiger partial charge in [0.2, 0.25) is 5.88 Å². The van der Waals surface area contributed by atoms with Crippen LogP contribution in [0.15, 0.2) is 48.7 Å². The second kappa shape index (κ2) is 9.40. The third-order valence-electron chi connectivity index (χ3n) is 5.04. The van der Waals surface area contributed by atoms with Crippen molar-refractivity contribution in [3.8, 4) is 5.88 Å². The zero-order chi connectivity index (χ0) is 24.4. The molecule has 33 heavy (non-hydrogen) atoms. The number of rotatable bonds is 6. The van der Waals surface area contributed by atoms with Crippen LogP contribution in [-0.4, -0.2) is 29.1 Å². The second-order valence-electron chi connectivity index (χ2n) is 9.23. The summed E-state index contributed by atoms with van der Waals surface area (Å²) < 4.78 is 11.0. The van der Waals surface area contributed by atoms with Crippen molar-refractivity contribution in [1.29, 1.82) is 0 Å². The highest BCUT2D eigenvalue weighted by Crippen LogP contribution is 2.31. The van der Waals surface area contributed by atoms with E-state index in [1.54, 1.807) is 63.4 Å². The molecule has 7 heteroatoms. The number of carbonyl (C=O) groups is 2. The summed E-state index contributed by atoms with van der Waals surface area (Å²) in [5, 5.41) is 4.66. The maximum atomic E-state index is 13.4. The van der Waals surface area contributed by atoms with Crippen molar-refractivity contribution in [3.05, 3.63) is 70.4 Å². The highest BCUT2D eigenvalue weighted by molar-refractivity contribution is 6.35. The van der Waals surface area contributed by atoms with E-state index in [1.165, 1.54) is 0 Å². The zero-order valence-electron chi connectivity index (χ0n) is 19.8. The van der Waals surface area contributed by atoms with E-state index in [2.05, 4.69) is 10.3 Å². The van der Waals surface area contributed by atoms with Gasteiger partial charge in [0, 0.05) is 22.7 Å². The molecular formula is C26H29ClN2O4. The average molecular weight is 469 g/mol. The molecule has 2 aromatic carbocycles. The molecule has 0 radical (unpaired) electrons. The van der Waals surface area contributed by atoms with Crippen LogP contribution < -0.4 is 10.1 Å². The Kier molecular flexibility index (Phi) is 6.98. The first kappa shape index (κ1) is 24.5. The second-order valence-corrected chi connectivity index (χ2v) is 9.63. The number of benzene rings is 2. The van der Waals surface area contributed by atoms with Gasteiger partial charge in [-0.3, -0.25) is 4.79 Å². The van der Waals surface area contributed by atoms with Gasteiger partial charge in [-0.15, -0.1) is 0 Å². The van der Waals surface area contributed by atoms with E-state index in [-0.39, 0.29) is 5.78 Å². The van der Waals surface area contributed by atoms with Crippen LogP contribution in [0.25, 0.3) is 10.8 Å². The van der Waals surface area contributed by atoms with E-state index in [0.29, 0.717) is 28.6 Å². The van der Waals surface area contributed by atoms with Crippen LogP contribution in [-0.2, 0) is 10.3 Å². The number of fused-ring (bicyclic) bond motifs is 1. The molecule has 0 bridgehead atoms. The van der Waals surface area contributed by atoms with E-state index in [1.807, 2.05) is 26.8 Å². The third kappa shape index (κ3) is 5.63. The van der Waals surface area contributed by atoms with Gasteiger partial charge < -0.3 is 14.8 Å². The Labute approximate surface area is 199 Å². The number of hydrogen-bond donors (Lipinski definition) is 1. The van der Waals surface area contributed by atoms with Crippen LogP contribution in [0.3, 0.4) is 0 Å². The average Bonchev–Trinajstić information content (AvgIpc) is 2.71. The fourth-order valence-electron chi connectivity index (χ4n) is 3.49. The normalized spacial score (nSPS) is 11.8. The molecule has 1 N–H and O–H groups in total. The van der Waals surface area contributed by atoms with Crippen molar-refractivity contribution in [3.63, 3.8) is 0 Å². The van der Waals surface area contributed by atoms with Crippen molar-refractivity contribution in [2.45, 2.75) is 52.7 Å². The summed E-state index contributed by atoms with van der Waals surface area (Å²) in [6.45, 7) is 11.5. The quantitative estimate of drug-likeness (QED) is 0.431. The van der Waals surface area contributed by atoms with Crippen LogP contribution >= 0.6 is 11.6 Å². The van der Waals surface area contributed by atoms with Crippen molar-refractivity contribution in [2.24, 2.45) is 0 Å². The number of ether oxygens (including phenoxy) is 2. The molecule has 0 unspecified atom stereocenters. The number of nitrogens with zero attached hydrogens (tertiary/aromatic N) is 1. The lowest BCUT2D eigenvalue weighted by molar-refractivity contribution is 0.0470. The number of nitrogens with one attached hydrogen (secondary N) is 1. The number of amides is 1. The van der Waals surface area contributed by atoms with Gasteiger partial charge >= 0.3 is 6.09 Å². The molecule has 1 aromatic heterocycles. The Morgan fingerprint density at radius 1 is 1.00 bits per heavy atom. The van der Waals surface area contributed by atoms with E-state index in [0.717, 1.165) is 16.3 Å². The predicted octanol–water partition coefficient (Wildman–Crippen LogP) is 6.28. The van der Waals surface area contributed by atoms with E-state index >= 15 is 0 Å². The minimum atomic E-state index is -0.759. The molecule has 0 saturated heterocycles. The lowest BCUT2D eigenvalue weighted by Crippen LogP contribution is -2.43. The molecule has 6 nitrogen and oxygen atoms in total. The number of halogens is 1. The molecule has 0 aliphatic rings. The molecule has 0 aliphatic carbocycles. The SMILES string of the molecule is CCOc1nccc2c(C(=O)c3ccc(C(C)(C)NC(=O)OC(C)(C)C)cc3Cl)cccc12. The number of ketones is 1. The molecule has 174 valence electrons. The Morgan fingerprint density at radius 3 is 2.36 bits per heavy atom. The number of hydrogen-bond acceptors (Lipinski definition) is 5. The van der Waals surface area contributed by atoms with Gasteiger partial charge in [-0.05, 0) is 76.8 Å². The highest BCUT2D eigenvalue weighted by Gasteiger charge is 2.27. The molecule has 0 fully saturated rings. The summed E-state index contributed by atoms with van der Waals surface area (Å²) in [6, 6.07) is 12.4. The fraction of sp³-hybridized carbons (Fsp3) is 0.346. The first-order chi connectivity index (χ1) is 15.4. The van der Waals surface area contributed by atoms with Gasteiger partial charge in [0.25, 0.3) is 0 Å². The molecule has 1 amide bonds. The molecule has 1 heterocycles. The number of carbonyl (C=O) groups excluding carboxylic acids is 2. The minimum Gasteiger partial charge on any atom is -0.478 e. The van der Waals surface area contributed by atoms with Gasteiger partial charge in [-0.2, -0.15) is 0 Å². The molecular weight excluding hydrogens is 440 g/mol. The first-order valence-corrected chi connectivity index (χ1v) is 11.2. The minimum absolute atomic E-state index is 0.205. The van der Waals surface area contributed by atoms with Crippen LogP contribution in [0.5, 0.6) is 5.88 Å². The summed E-state index contributed by atoms with van der Waals surface area (Å²) in [5.74, 6) is 0.282. The molecule has 0 spiro atoms. The van der Waals surface area contributed by atoms with Crippen LogP contribution in [0.2, 0.25) is 5.02 Å². The van der Waals surface area contributed by atoms with E-state index < -0.39 is 17.2 Å². The summed E-state index contributed by atoms with van der Waals surface area (Å²) in [5.41, 5.74) is 0.262. The Hall–Kier alpha value is -3.12. The Morgan fingerprint density at radius 2 is 1.73 bits per heavy atom. The Balaban J connectivity index is 1.92. The first-order valence-electron chi connectivity index (χ1n) is 10.8. The van der Waals surface area contributed by atoms with Crippen LogP contribution in [0.4, 0.5) is 4.79 Å². The van der Waals surface area contributed by atoms with Crippen molar-refractivity contribution >= 4 is 34.2 Å². The summed E-state index contributed by atoms with van der Waals surface area (Å²) in [4.78, 5) is 29.9. The third-order valence-corrected chi connectivity index (χ3v) is 5.36. The van der Waals surface area contributed by atoms with Gasteiger partial charge in [0.05, 0.1) is 17.2 Å². The predicted molar refractivity (Wildman–Crippen MR) is 130 cm³/mol. The molecule has 3 rings (SSSR count). The van der Waals surface area contributed by atoms with Crippen molar-refractivity contribution in [1.82, 2.24) is 10.3 Å². The summed E-state index contributed by atoms with van der Waals surface area (Å²) in [6.07, 6.45) is 1.10. The topological polar surface area (TPSA) is 77.5 Å². The number of aromatic nitrogens is 1. The number of alkyl carbamates (subject to hydrolysis) is 1. The smallest absolute Gasteiger partial charge is 0.408 e. The van der Waals surface area contributed by atoms with Crippen LogP contribution in [0, 0.1) is 0 Å². The maximum absolute atomic E-state index is 13.4. The lowest BCUT2D eigenvalue weighted by atomic mass is 9.91. The number of pyridine rings is 1. The largest absolute Gasteiger partial charge is 0.478 e. The molecule has 0 aliphatic heterocycles. The standard InChI is InChI=1S/C26H29ClN2O4/c1-7-32-23-19-10-8-9-18(17(19)13-14-28-23)22(30)20-12-11-16(15-21(20)27)26(5,6)29-24(31)33-25(2,3)4/h8-15H,7H2,1-6H3,(H,29,31). The Bertz CT molecular complexity index is 1200. The zero-order valence-corrected chi connectivity index (χ0v) is 20.5. The molecule has 3 aromatic rings. The maximum Gasteiger partial charge on any atom is 0.408 e. The fourth-order valence-corrected chi connectivity index (χ4v) is 3.76. The molecule has 0 saturated carbocycles. The van der Waals surface area contributed by atoms with Gasteiger partial charge in [-0.25, -0.2) is 9.78 Å². The van der Waals surface area contributed by atoms with Crippen molar-refractivity contribution in [2.75, 3.05) is 6.61 Å². The summed E-state index contributed by atoms with van der Waals surface area (Å²) >= 11 is 6.55. The monoisotopic (exact) mass is 468 g/mol. The van der Waals surface area contributed by atoms with Gasteiger partial charge in [0.15, 0.2) is 5.78 Å². The lowest BCUT2D eigenvalue weighted by Gasteiger charge is -2.29. The highest BCUT2D eigenvalue weighted by atomic mass is 35.5. The molecule has 0 atom stereocenters. The summed E-state index contributed by atoms with van der Waals surface area (Å²) in [7, 11) is 0. The van der Waals surface area contributed by atoms with Gasteiger partial charge in [0.1, 0.15) is 5.60 Å². The van der Waals surface area contributed by atoms with Gasteiger partial charge in [-0.1, -0.05) is 29.8 Å². The van der Waals surface area contributed by atoms with Crippen LogP contribution in [0.1, 0.15) is 63.0 Å². The van der Waals surface area contributed by atoms with E-state index in [4.69, 9.17) is 21.1 Å². The van der Waals surface area contributed by atoms with Crippen molar-refractivity contribution < 1.29 is 19.1 Å².